The van der Waals surface area contributed by atoms with Crippen LogP contribution in [-0.4, -0.2) is 37.7 Å². The van der Waals surface area contributed by atoms with Crippen LogP contribution in [0.4, 0.5) is 0 Å². The maximum absolute atomic E-state index is 13.2. The van der Waals surface area contributed by atoms with Crippen molar-refractivity contribution in [3.8, 4) is 17.2 Å². The molecule has 0 saturated heterocycles. The molecular weight excluding hydrogens is 330 g/mol. The van der Waals surface area contributed by atoms with Gasteiger partial charge in [0.15, 0.2) is 11.5 Å². The lowest BCUT2D eigenvalue weighted by Crippen LogP contribution is -2.41. The van der Waals surface area contributed by atoms with Crippen LogP contribution in [0, 0.1) is 5.92 Å². The first-order chi connectivity index (χ1) is 12.8. The van der Waals surface area contributed by atoms with Gasteiger partial charge in [-0.2, -0.15) is 0 Å². The summed E-state index contributed by atoms with van der Waals surface area (Å²) in [6.07, 6.45) is 1.53. The van der Waals surface area contributed by atoms with Crippen LogP contribution in [0.1, 0.15) is 17.5 Å². The van der Waals surface area contributed by atoms with Crippen molar-refractivity contribution in [3.05, 3.63) is 53.6 Å². The van der Waals surface area contributed by atoms with E-state index < -0.39 is 0 Å². The molecule has 2 aliphatic rings. The molecule has 1 amide bonds. The second-order valence-corrected chi connectivity index (χ2v) is 6.73. The second-order valence-electron chi connectivity index (χ2n) is 6.73. The van der Waals surface area contributed by atoms with Crippen molar-refractivity contribution in [1.29, 1.82) is 0 Å². The third kappa shape index (κ3) is 3.21. The number of benzene rings is 2. The zero-order valence-corrected chi connectivity index (χ0v) is 14.9. The standard InChI is InChI=1S/C21H23NO4/c1-24-19-9-4-7-16-13-22(10-5-11-25-20(16)19)21(23)17-12-15-6-2-3-8-18(15)26-14-17/h2-4,6-9,17H,5,10-14H2,1H3/t17-/m1/s1. The molecule has 136 valence electrons. The minimum Gasteiger partial charge on any atom is -0.493 e. The summed E-state index contributed by atoms with van der Waals surface area (Å²) < 4.78 is 17.1. The molecule has 0 radical (unpaired) electrons. The maximum Gasteiger partial charge on any atom is 0.229 e. The van der Waals surface area contributed by atoms with Gasteiger partial charge in [0.2, 0.25) is 5.91 Å². The molecule has 0 aromatic heterocycles. The van der Waals surface area contributed by atoms with E-state index in [4.69, 9.17) is 14.2 Å². The Balaban J connectivity index is 1.54. The van der Waals surface area contributed by atoms with Gasteiger partial charge in [0.1, 0.15) is 12.4 Å². The van der Waals surface area contributed by atoms with E-state index in [1.54, 1.807) is 7.11 Å². The number of nitrogens with zero attached hydrogens (tertiary/aromatic N) is 1. The van der Waals surface area contributed by atoms with Gasteiger partial charge in [-0.05, 0) is 30.5 Å². The van der Waals surface area contributed by atoms with Crippen molar-refractivity contribution in [3.63, 3.8) is 0 Å². The van der Waals surface area contributed by atoms with Gasteiger partial charge in [-0.3, -0.25) is 4.79 Å². The Bertz CT molecular complexity index is 804. The number of fused-ring (bicyclic) bond motifs is 2. The molecule has 0 N–H and O–H groups in total. The van der Waals surface area contributed by atoms with Crippen molar-refractivity contribution >= 4 is 5.91 Å². The number of hydrogen-bond acceptors (Lipinski definition) is 4. The van der Waals surface area contributed by atoms with Gasteiger partial charge in [-0.25, -0.2) is 0 Å². The van der Waals surface area contributed by atoms with E-state index >= 15 is 0 Å². The Kier molecular flexibility index (Phi) is 4.69. The molecular formula is C21H23NO4. The van der Waals surface area contributed by atoms with Crippen LogP contribution >= 0.6 is 0 Å². The monoisotopic (exact) mass is 353 g/mol. The number of carbonyl (C=O) groups excluding carboxylic acids is 1. The molecule has 0 spiro atoms. The molecule has 0 fully saturated rings. The Hall–Kier alpha value is -2.69. The number of para-hydroxylation sites is 2. The molecule has 0 saturated carbocycles. The highest BCUT2D eigenvalue weighted by atomic mass is 16.5. The minimum atomic E-state index is -0.140. The van der Waals surface area contributed by atoms with Crippen molar-refractivity contribution in [2.75, 3.05) is 26.9 Å². The summed E-state index contributed by atoms with van der Waals surface area (Å²) in [5, 5.41) is 0. The number of hydrogen-bond donors (Lipinski definition) is 0. The van der Waals surface area contributed by atoms with Crippen molar-refractivity contribution in [1.82, 2.24) is 4.90 Å². The molecule has 2 aromatic rings. The van der Waals surface area contributed by atoms with Crippen molar-refractivity contribution in [2.24, 2.45) is 5.92 Å². The highest BCUT2D eigenvalue weighted by molar-refractivity contribution is 5.80. The second kappa shape index (κ2) is 7.28. The summed E-state index contributed by atoms with van der Waals surface area (Å²) in [7, 11) is 1.64. The van der Waals surface area contributed by atoms with E-state index in [1.165, 1.54) is 0 Å². The summed E-state index contributed by atoms with van der Waals surface area (Å²) in [5.41, 5.74) is 2.09. The van der Waals surface area contributed by atoms with E-state index in [-0.39, 0.29) is 11.8 Å². The first-order valence-corrected chi connectivity index (χ1v) is 9.04. The van der Waals surface area contributed by atoms with E-state index in [0.717, 1.165) is 35.5 Å². The van der Waals surface area contributed by atoms with Gasteiger partial charge in [0.05, 0.1) is 19.6 Å². The molecule has 0 unspecified atom stereocenters. The molecule has 2 aliphatic heterocycles. The summed E-state index contributed by atoms with van der Waals surface area (Å²) >= 11 is 0. The molecule has 2 heterocycles. The Morgan fingerprint density at radius 1 is 1.12 bits per heavy atom. The lowest BCUT2D eigenvalue weighted by molar-refractivity contribution is -0.137. The van der Waals surface area contributed by atoms with Crippen LogP contribution in [0.15, 0.2) is 42.5 Å². The largest absolute Gasteiger partial charge is 0.493 e. The highest BCUT2D eigenvalue weighted by Gasteiger charge is 2.30. The number of carbonyl (C=O) groups is 1. The fraction of sp³-hybridized carbons (Fsp3) is 0.381. The zero-order chi connectivity index (χ0) is 17.9. The van der Waals surface area contributed by atoms with Gasteiger partial charge in [-0.1, -0.05) is 30.3 Å². The quantitative estimate of drug-likeness (QED) is 0.833. The Labute approximate surface area is 153 Å². The average molecular weight is 353 g/mol. The van der Waals surface area contributed by atoms with E-state index in [0.29, 0.717) is 32.1 Å². The number of amides is 1. The van der Waals surface area contributed by atoms with Gasteiger partial charge >= 0.3 is 0 Å². The predicted molar refractivity (Wildman–Crippen MR) is 97.7 cm³/mol. The van der Waals surface area contributed by atoms with Crippen LogP contribution in [-0.2, 0) is 17.8 Å². The maximum atomic E-state index is 13.2. The van der Waals surface area contributed by atoms with Crippen LogP contribution in [0.5, 0.6) is 17.2 Å². The van der Waals surface area contributed by atoms with Crippen molar-refractivity contribution < 1.29 is 19.0 Å². The van der Waals surface area contributed by atoms with Gasteiger partial charge in [-0.15, -0.1) is 0 Å². The third-order valence-electron chi connectivity index (χ3n) is 5.00. The fourth-order valence-electron chi connectivity index (χ4n) is 3.66. The van der Waals surface area contributed by atoms with Crippen LogP contribution in [0.25, 0.3) is 0 Å². The van der Waals surface area contributed by atoms with Crippen LogP contribution in [0.2, 0.25) is 0 Å². The molecule has 26 heavy (non-hydrogen) atoms. The zero-order valence-electron chi connectivity index (χ0n) is 14.9. The smallest absolute Gasteiger partial charge is 0.229 e. The van der Waals surface area contributed by atoms with E-state index in [9.17, 15) is 4.79 Å². The molecule has 5 heteroatoms. The molecule has 5 nitrogen and oxygen atoms in total. The van der Waals surface area contributed by atoms with E-state index in [2.05, 4.69) is 0 Å². The SMILES string of the molecule is COc1cccc2c1OCCCN(C(=O)[C@H]1COc3ccccc3C1)C2. The number of ether oxygens (including phenoxy) is 3. The lowest BCUT2D eigenvalue weighted by Gasteiger charge is -2.32. The van der Waals surface area contributed by atoms with Gasteiger partial charge < -0.3 is 19.1 Å². The molecule has 0 aliphatic carbocycles. The molecule has 4 rings (SSSR count). The first-order valence-electron chi connectivity index (χ1n) is 9.04. The summed E-state index contributed by atoms with van der Waals surface area (Å²) in [4.78, 5) is 15.1. The van der Waals surface area contributed by atoms with E-state index in [1.807, 2.05) is 47.4 Å². The van der Waals surface area contributed by atoms with Crippen LogP contribution < -0.4 is 14.2 Å². The number of rotatable bonds is 2. The fourth-order valence-corrected chi connectivity index (χ4v) is 3.66. The molecule has 0 bridgehead atoms. The minimum absolute atomic E-state index is 0.140. The normalized spacial score (nSPS) is 19.1. The Morgan fingerprint density at radius 3 is 2.85 bits per heavy atom. The predicted octanol–water partition coefficient (Wildman–Crippen LogP) is 3.06. The summed E-state index contributed by atoms with van der Waals surface area (Å²) in [6, 6.07) is 13.8. The topological polar surface area (TPSA) is 48.0 Å². The summed E-state index contributed by atoms with van der Waals surface area (Å²) in [5.74, 6) is 2.37. The van der Waals surface area contributed by atoms with Crippen molar-refractivity contribution in [2.45, 2.75) is 19.4 Å². The highest BCUT2D eigenvalue weighted by Crippen LogP contribution is 2.34. The summed E-state index contributed by atoms with van der Waals surface area (Å²) in [6.45, 7) is 2.23. The lowest BCUT2D eigenvalue weighted by atomic mass is 9.95. The molecule has 1 atom stereocenters. The van der Waals surface area contributed by atoms with Gasteiger partial charge in [0.25, 0.3) is 0 Å². The molecule has 2 aromatic carbocycles. The first kappa shape index (κ1) is 16.8. The third-order valence-corrected chi connectivity index (χ3v) is 5.00. The number of methoxy groups -OCH3 is 1. The van der Waals surface area contributed by atoms with Crippen LogP contribution in [0.3, 0.4) is 0 Å². The Morgan fingerprint density at radius 2 is 1.96 bits per heavy atom. The average Bonchev–Trinajstić information content (AvgIpc) is 2.67. The van der Waals surface area contributed by atoms with Gasteiger partial charge in [0, 0.05) is 18.7 Å².